The van der Waals surface area contributed by atoms with E-state index in [1.54, 1.807) is 0 Å². The Morgan fingerprint density at radius 1 is 0.921 bits per heavy atom. The van der Waals surface area contributed by atoms with Gasteiger partial charge >= 0.3 is 0 Å². The maximum atomic E-state index is 14.1. The molecule has 1 N–H and O–H groups in total. The minimum atomic E-state index is -0.492. The number of nitrogens with zero attached hydrogens (tertiary/aromatic N) is 1. The maximum Gasteiger partial charge on any atom is 0.231 e. The summed E-state index contributed by atoms with van der Waals surface area (Å²) < 4.78 is 5.89. The molecule has 3 aromatic rings. The molecular formula is C33H34N2O3. The third kappa shape index (κ3) is 4.62. The summed E-state index contributed by atoms with van der Waals surface area (Å²) in [6.45, 7) is 6.08. The van der Waals surface area contributed by atoms with Crippen molar-refractivity contribution in [3.63, 3.8) is 0 Å². The molecule has 0 unspecified atom stereocenters. The maximum absolute atomic E-state index is 14.1. The summed E-state index contributed by atoms with van der Waals surface area (Å²) in [5.41, 5.74) is 6.61. The molecule has 0 radical (unpaired) electrons. The fourth-order valence-electron chi connectivity index (χ4n) is 5.75. The number of ether oxygens (including phenoxy) is 1. The lowest BCUT2D eigenvalue weighted by atomic mass is 9.78. The standard InChI is InChI=1S/C33H34N2O3/c1-20(2)38-26-16-14-23(15-17-26)32-31-28(18-25(19-30(31)36)22-10-8-21(3)9-11-22)34-27-6-4-5-7-29(27)35(32)33(37)24-12-13-24/h4-11,14-17,20,24-25,32,34H,12-13,18-19H2,1-3H3/t25-,32-/m0/s1. The van der Waals surface area contributed by atoms with Crippen molar-refractivity contribution >= 4 is 23.1 Å². The Kier molecular flexibility index (Phi) is 6.30. The van der Waals surface area contributed by atoms with Crippen LogP contribution in [-0.2, 0) is 9.59 Å². The number of allylic oxidation sites excluding steroid dienone is 1. The van der Waals surface area contributed by atoms with Gasteiger partial charge in [-0.25, -0.2) is 0 Å². The number of carbonyl (C=O) groups excluding carboxylic acids is 2. The van der Waals surface area contributed by atoms with Crippen molar-refractivity contribution in [2.24, 2.45) is 5.92 Å². The molecule has 1 fully saturated rings. The number of para-hydroxylation sites is 2. The second kappa shape index (κ2) is 9.79. The van der Waals surface area contributed by atoms with Crippen LogP contribution < -0.4 is 15.0 Å². The number of hydrogen-bond acceptors (Lipinski definition) is 4. The Bertz CT molecular complexity index is 1400. The minimum absolute atomic E-state index is 0.00949. The number of fused-ring (bicyclic) bond motifs is 1. The summed E-state index contributed by atoms with van der Waals surface area (Å²) in [6.07, 6.45) is 3.00. The van der Waals surface area contributed by atoms with Crippen molar-refractivity contribution < 1.29 is 14.3 Å². The number of benzene rings is 3. The average Bonchev–Trinajstić information content (AvgIpc) is 3.75. The van der Waals surface area contributed by atoms with E-state index < -0.39 is 6.04 Å². The van der Waals surface area contributed by atoms with Gasteiger partial charge in [0, 0.05) is 23.6 Å². The third-order valence-electron chi connectivity index (χ3n) is 7.77. The monoisotopic (exact) mass is 506 g/mol. The predicted molar refractivity (Wildman–Crippen MR) is 150 cm³/mol. The van der Waals surface area contributed by atoms with Gasteiger partial charge in [-0.3, -0.25) is 14.5 Å². The minimum Gasteiger partial charge on any atom is -0.491 e. The Balaban J connectivity index is 1.49. The summed E-state index contributed by atoms with van der Waals surface area (Å²) in [4.78, 5) is 29.9. The van der Waals surface area contributed by atoms with Gasteiger partial charge in [0.2, 0.25) is 5.91 Å². The molecule has 2 atom stereocenters. The van der Waals surface area contributed by atoms with Gasteiger partial charge in [0.15, 0.2) is 5.78 Å². The van der Waals surface area contributed by atoms with Crippen LogP contribution in [0.3, 0.4) is 0 Å². The quantitative estimate of drug-likeness (QED) is 0.401. The number of hydrogen-bond donors (Lipinski definition) is 1. The highest BCUT2D eigenvalue weighted by molar-refractivity contribution is 6.07. The van der Waals surface area contributed by atoms with Crippen molar-refractivity contribution in [1.29, 1.82) is 0 Å². The Labute approximate surface area is 224 Å². The molecule has 1 heterocycles. The number of anilines is 2. The van der Waals surface area contributed by atoms with E-state index in [2.05, 4.69) is 36.5 Å². The van der Waals surface area contributed by atoms with Crippen LogP contribution in [0.25, 0.3) is 0 Å². The van der Waals surface area contributed by atoms with E-state index >= 15 is 0 Å². The van der Waals surface area contributed by atoms with Gasteiger partial charge in [-0.1, -0.05) is 54.1 Å². The number of ketones is 1. The molecule has 3 aromatic carbocycles. The van der Waals surface area contributed by atoms with Gasteiger partial charge in [-0.05, 0) is 81.3 Å². The molecule has 1 saturated carbocycles. The molecule has 194 valence electrons. The number of aryl methyl sites for hydroxylation is 1. The summed E-state index contributed by atoms with van der Waals surface area (Å²) in [5.74, 6) is 1.07. The molecule has 6 rings (SSSR count). The number of nitrogens with one attached hydrogen (secondary N) is 1. The van der Waals surface area contributed by atoms with Crippen LogP contribution in [0.5, 0.6) is 5.75 Å². The smallest absolute Gasteiger partial charge is 0.231 e. The van der Waals surface area contributed by atoms with E-state index in [-0.39, 0.29) is 29.6 Å². The first-order chi connectivity index (χ1) is 18.4. The number of Topliss-reactive ketones (excluding diaryl/α,β-unsaturated/α-hetero) is 1. The molecule has 5 nitrogen and oxygen atoms in total. The van der Waals surface area contributed by atoms with Crippen molar-refractivity contribution in [2.75, 3.05) is 10.2 Å². The van der Waals surface area contributed by atoms with Crippen molar-refractivity contribution in [3.05, 3.63) is 101 Å². The van der Waals surface area contributed by atoms with Crippen LogP contribution in [0, 0.1) is 12.8 Å². The molecule has 38 heavy (non-hydrogen) atoms. The van der Waals surface area contributed by atoms with Crippen molar-refractivity contribution in [2.45, 2.75) is 64.5 Å². The average molecular weight is 507 g/mol. The lowest BCUT2D eigenvalue weighted by Gasteiger charge is -2.35. The highest BCUT2D eigenvalue weighted by atomic mass is 16.5. The molecular weight excluding hydrogens is 472 g/mol. The normalized spacial score (nSPS) is 20.9. The van der Waals surface area contributed by atoms with Crippen molar-refractivity contribution in [3.8, 4) is 5.75 Å². The molecule has 0 spiro atoms. The topological polar surface area (TPSA) is 58.6 Å². The van der Waals surface area contributed by atoms with E-state index in [4.69, 9.17) is 4.74 Å². The zero-order chi connectivity index (χ0) is 26.4. The zero-order valence-electron chi connectivity index (χ0n) is 22.2. The zero-order valence-corrected chi connectivity index (χ0v) is 22.2. The first-order valence-electron chi connectivity index (χ1n) is 13.7. The third-order valence-corrected chi connectivity index (χ3v) is 7.77. The predicted octanol–water partition coefficient (Wildman–Crippen LogP) is 7.09. The first kappa shape index (κ1) is 24.5. The lowest BCUT2D eigenvalue weighted by molar-refractivity contribution is -0.120. The van der Waals surface area contributed by atoms with Crippen LogP contribution >= 0.6 is 0 Å². The van der Waals surface area contributed by atoms with Gasteiger partial charge in [-0.15, -0.1) is 0 Å². The van der Waals surface area contributed by atoms with Crippen LogP contribution in [0.4, 0.5) is 11.4 Å². The van der Waals surface area contributed by atoms with E-state index in [0.29, 0.717) is 12.0 Å². The molecule has 5 heteroatoms. The Morgan fingerprint density at radius 3 is 2.29 bits per heavy atom. The fourth-order valence-corrected chi connectivity index (χ4v) is 5.75. The molecule has 0 saturated heterocycles. The summed E-state index contributed by atoms with van der Waals surface area (Å²) in [6, 6.07) is 23.9. The second-order valence-corrected chi connectivity index (χ2v) is 11.1. The summed E-state index contributed by atoms with van der Waals surface area (Å²) in [5, 5.41) is 3.62. The van der Waals surface area contributed by atoms with Crippen LogP contribution in [0.15, 0.2) is 84.1 Å². The SMILES string of the molecule is Cc1ccc([C@@H]2CC(=O)C3=C(C2)Nc2ccccc2N(C(=O)C2CC2)[C@H]3c2ccc(OC(C)C)cc2)cc1. The van der Waals surface area contributed by atoms with Gasteiger partial charge in [-0.2, -0.15) is 0 Å². The second-order valence-electron chi connectivity index (χ2n) is 11.1. The van der Waals surface area contributed by atoms with Gasteiger partial charge in [0.25, 0.3) is 0 Å². The van der Waals surface area contributed by atoms with E-state index in [1.165, 1.54) is 11.1 Å². The van der Waals surface area contributed by atoms with Gasteiger partial charge in [0.05, 0.1) is 23.5 Å². The number of carbonyl (C=O) groups is 2. The molecule has 2 aliphatic carbocycles. The highest BCUT2D eigenvalue weighted by Crippen LogP contribution is 2.49. The molecule has 1 aliphatic heterocycles. The van der Waals surface area contributed by atoms with Crippen LogP contribution in [0.2, 0.25) is 0 Å². The van der Waals surface area contributed by atoms with Crippen LogP contribution in [0.1, 0.15) is 68.2 Å². The summed E-state index contributed by atoms with van der Waals surface area (Å²) >= 11 is 0. The highest BCUT2D eigenvalue weighted by Gasteiger charge is 2.45. The Hall–Kier alpha value is -3.86. The lowest BCUT2D eigenvalue weighted by Crippen LogP contribution is -2.39. The fraction of sp³-hybridized carbons (Fsp3) is 0.333. The molecule has 1 amide bonds. The largest absolute Gasteiger partial charge is 0.491 e. The molecule has 0 aromatic heterocycles. The molecule has 0 bridgehead atoms. The molecule has 3 aliphatic rings. The van der Waals surface area contributed by atoms with E-state index in [1.807, 2.05) is 67.3 Å². The summed E-state index contributed by atoms with van der Waals surface area (Å²) in [7, 11) is 0. The van der Waals surface area contributed by atoms with Gasteiger partial charge < -0.3 is 10.1 Å². The van der Waals surface area contributed by atoms with Gasteiger partial charge in [0.1, 0.15) is 5.75 Å². The van der Waals surface area contributed by atoms with E-state index in [0.717, 1.165) is 47.6 Å². The van der Waals surface area contributed by atoms with E-state index in [9.17, 15) is 9.59 Å². The van der Waals surface area contributed by atoms with Crippen LogP contribution in [-0.4, -0.2) is 17.8 Å². The number of amides is 1. The number of rotatable bonds is 5. The first-order valence-corrected chi connectivity index (χ1v) is 13.7. The Morgan fingerprint density at radius 2 is 1.61 bits per heavy atom. The van der Waals surface area contributed by atoms with Crippen molar-refractivity contribution in [1.82, 2.24) is 0 Å².